The molecule has 1 amide bonds. The van der Waals surface area contributed by atoms with Gasteiger partial charge in [-0.2, -0.15) is 0 Å². The number of amides is 1. The minimum absolute atomic E-state index is 0.0213. The van der Waals surface area contributed by atoms with E-state index in [-0.39, 0.29) is 11.7 Å². The molecule has 3 rings (SSSR count). The van der Waals surface area contributed by atoms with Crippen LogP contribution in [0.1, 0.15) is 38.4 Å². The first-order valence-corrected chi connectivity index (χ1v) is 8.92. The van der Waals surface area contributed by atoms with Crippen LogP contribution in [0.25, 0.3) is 11.5 Å². The first-order chi connectivity index (χ1) is 11.1. The summed E-state index contributed by atoms with van der Waals surface area (Å²) in [6.07, 6.45) is 6.30. The summed E-state index contributed by atoms with van der Waals surface area (Å²) < 4.78 is 10.8. The highest BCUT2D eigenvalue weighted by Crippen LogP contribution is 2.27. The number of nitrogens with zero attached hydrogens (tertiary/aromatic N) is 2. The summed E-state index contributed by atoms with van der Waals surface area (Å²) in [6, 6.07) is 2.08. The fourth-order valence-corrected chi connectivity index (χ4v) is 3.46. The lowest BCUT2D eigenvalue weighted by Gasteiger charge is -2.29. The van der Waals surface area contributed by atoms with E-state index in [1.165, 1.54) is 31.0 Å². The van der Waals surface area contributed by atoms with Gasteiger partial charge in [-0.3, -0.25) is 4.79 Å². The van der Waals surface area contributed by atoms with Crippen molar-refractivity contribution in [1.82, 2.24) is 15.5 Å². The first-order valence-electron chi connectivity index (χ1n) is 7.93. The number of nitrogens with one attached hydrogen (secondary N) is 1. The maximum atomic E-state index is 12.1. The van der Waals surface area contributed by atoms with Gasteiger partial charge in [0.1, 0.15) is 5.76 Å². The Morgan fingerprint density at radius 3 is 2.96 bits per heavy atom. The number of aromatic nitrogens is 2. The Labute approximate surface area is 139 Å². The third kappa shape index (κ3) is 3.96. The summed E-state index contributed by atoms with van der Waals surface area (Å²) >= 11 is 1.26. The molecular weight excluding hydrogens is 314 g/mol. The molecule has 2 heterocycles. The Bertz CT molecular complexity index is 667. The number of carbonyl (C=O) groups excluding carboxylic acids is 1. The summed E-state index contributed by atoms with van der Waals surface area (Å²) in [5.41, 5.74) is 0.782. The monoisotopic (exact) mass is 335 g/mol. The molecular formula is C16H21N3O3S. The van der Waals surface area contributed by atoms with Gasteiger partial charge in [0.2, 0.25) is 5.91 Å². The van der Waals surface area contributed by atoms with Gasteiger partial charge in [0.25, 0.3) is 11.1 Å². The van der Waals surface area contributed by atoms with Crippen LogP contribution in [0.5, 0.6) is 0 Å². The van der Waals surface area contributed by atoms with Crippen LogP contribution >= 0.6 is 11.8 Å². The molecule has 2 aromatic rings. The lowest BCUT2D eigenvalue weighted by atomic mass is 9.86. The van der Waals surface area contributed by atoms with Gasteiger partial charge in [0.05, 0.1) is 17.6 Å². The lowest BCUT2D eigenvalue weighted by molar-refractivity contribution is -0.119. The molecule has 23 heavy (non-hydrogen) atoms. The SMILES string of the molecule is Cc1occc1-c1nnc(SCC(=O)N[C@@H]2CCCC[C@@H]2C)o1. The summed E-state index contributed by atoms with van der Waals surface area (Å²) in [4.78, 5) is 12.1. The Balaban J connectivity index is 1.51. The number of rotatable bonds is 5. The van der Waals surface area contributed by atoms with E-state index < -0.39 is 0 Å². The molecule has 0 radical (unpaired) electrons. The zero-order chi connectivity index (χ0) is 16.2. The second-order valence-electron chi connectivity index (χ2n) is 5.99. The summed E-state index contributed by atoms with van der Waals surface area (Å²) in [5, 5.41) is 11.5. The van der Waals surface area contributed by atoms with Crippen molar-refractivity contribution in [3.8, 4) is 11.5 Å². The zero-order valence-electron chi connectivity index (χ0n) is 13.4. The van der Waals surface area contributed by atoms with E-state index in [1.54, 1.807) is 12.3 Å². The molecule has 0 saturated heterocycles. The summed E-state index contributed by atoms with van der Waals surface area (Å²) in [7, 11) is 0. The molecule has 1 aliphatic carbocycles. The molecule has 0 bridgehead atoms. The average molecular weight is 335 g/mol. The summed E-state index contributed by atoms with van der Waals surface area (Å²) in [6.45, 7) is 4.04. The minimum Gasteiger partial charge on any atom is -0.469 e. The van der Waals surface area contributed by atoms with Crippen molar-refractivity contribution in [1.29, 1.82) is 0 Å². The smallest absolute Gasteiger partial charge is 0.277 e. The number of hydrogen-bond acceptors (Lipinski definition) is 6. The van der Waals surface area contributed by atoms with Gasteiger partial charge in [-0.15, -0.1) is 10.2 Å². The van der Waals surface area contributed by atoms with Crippen molar-refractivity contribution in [2.75, 3.05) is 5.75 Å². The average Bonchev–Trinajstić information content (AvgIpc) is 3.16. The van der Waals surface area contributed by atoms with Gasteiger partial charge in [0.15, 0.2) is 0 Å². The highest BCUT2D eigenvalue weighted by Gasteiger charge is 2.23. The van der Waals surface area contributed by atoms with Gasteiger partial charge in [-0.05, 0) is 31.7 Å². The van der Waals surface area contributed by atoms with Gasteiger partial charge in [-0.1, -0.05) is 31.5 Å². The van der Waals surface area contributed by atoms with Crippen LogP contribution < -0.4 is 5.32 Å². The number of hydrogen-bond donors (Lipinski definition) is 1. The second kappa shape index (κ2) is 7.21. The molecule has 2 aromatic heterocycles. The third-order valence-corrected chi connectivity index (χ3v) is 5.10. The standard InChI is InChI=1S/C16H21N3O3S/c1-10-5-3-4-6-13(10)17-14(20)9-23-16-19-18-15(22-16)12-7-8-21-11(12)2/h7-8,10,13H,3-6,9H2,1-2H3,(H,17,20)/t10-,13+/m0/s1. The summed E-state index contributed by atoms with van der Waals surface area (Å²) in [5.74, 6) is 2.01. The molecule has 1 saturated carbocycles. The molecule has 6 nitrogen and oxygen atoms in total. The van der Waals surface area contributed by atoms with Crippen molar-refractivity contribution in [2.24, 2.45) is 5.92 Å². The molecule has 1 fully saturated rings. The van der Waals surface area contributed by atoms with E-state index in [2.05, 4.69) is 22.4 Å². The molecule has 0 spiro atoms. The normalized spacial score (nSPS) is 21.3. The van der Waals surface area contributed by atoms with Gasteiger partial charge >= 0.3 is 0 Å². The van der Waals surface area contributed by atoms with Crippen LogP contribution in [0.15, 0.2) is 26.4 Å². The minimum atomic E-state index is 0.0213. The van der Waals surface area contributed by atoms with Crippen molar-refractivity contribution in [2.45, 2.75) is 50.8 Å². The molecule has 0 aromatic carbocycles. The van der Waals surface area contributed by atoms with Crippen molar-refractivity contribution >= 4 is 17.7 Å². The van der Waals surface area contributed by atoms with Crippen LogP contribution in [0, 0.1) is 12.8 Å². The van der Waals surface area contributed by atoms with Crippen LogP contribution in [0.4, 0.5) is 0 Å². The van der Waals surface area contributed by atoms with E-state index in [0.717, 1.165) is 17.7 Å². The maximum Gasteiger partial charge on any atom is 0.277 e. The number of furan rings is 1. The zero-order valence-corrected chi connectivity index (χ0v) is 14.2. The van der Waals surface area contributed by atoms with Crippen LogP contribution in [-0.2, 0) is 4.79 Å². The molecule has 124 valence electrons. The van der Waals surface area contributed by atoms with Crippen molar-refractivity contribution < 1.29 is 13.6 Å². The maximum absolute atomic E-state index is 12.1. The molecule has 1 N–H and O–H groups in total. The highest BCUT2D eigenvalue weighted by atomic mass is 32.2. The topological polar surface area (TPSA) is 81.2 Å². The largest absolute Gasteiger partial charge is 0.469 e. The number of thioether (sulfide) groups is 1. The quantitative estimate of drug-likeness (QED) is 0.843. The first kappa shape index (κ1) is 16.1. The molecule has 2 atom stereocenters. The Hall–Kier alpha value is -1.76. The lowest BCUT2D eigenvalue weighted by Crippen LogP contribution is -2.41. The highest BCUT2D eigenvalue weighted by molar-refractivity contribution is 7.99. The van der Waals surface area contributed by atoms with E-state index in [0.29, 0.717) is 23.1 Å². The predicted octanol–water partition coefficient (Wildman–Crippen LogP) is 3.43. The fraction of sp³-hybridized carbons (Fsp3) is 0.562. The van der Waals surface area contributed by atoms with Crippen LogP contribution in [0.3, 0.4) is 0 Å². The van der Waals surface area contributed by atoms with Gasteiger partial charge < -0.3 is 14.2 Å². The van der Waals surface area contributed by atoms with E-state index >= 15 is 0 Å². The van der Waals surface area contributed by atoms with E-state index in [1.807, 2.05) is 6.92 Å². The molecule has 0 unspecified atom stereocenters. The van der Waals surface area contributed by atoms with Crippen LogP contribution in [0.2, 0.25) is 0 Å². The van der Waals surface area contributed by atoms with Gasteiger partial charge in [-0.25, -0.2) is 0 Å². The third-order valence-electron chi connectivity index (χ3n) is 4.28. The Morgan fingerprint density at radius 2 is 2.22 bits per heavy atom. The number of aryl methyl sites for hydroxylation is 1. The fourth-order valence-electron chi connectivity index (χ4n) is 2.89. The van der Waals surface area contributed by atoms with Crippen LogP contribution in [-0.4, -0.2) is 27.9 Å². The molecule has 0 aliphatic heterocycles. The molecule has 7 heteroatoms. The van der Waals surface area contributed by atoms with E-state index in [4.69, 9.17) is 8.83 Å². The van der Waals surface area contributed by atoms with Crippen molar-refractivity contribution in [3.63, 3.8) is 0 Å². The second-order valence-corrected chi connectivity index (χ2v) is 6.91. The van der Waals surface area contributed by atoms with Gasteiger partial charge in [0, 0.05) is 6.04 Å². The van der Waals surface area contributed by atoms with Crippen molar-refractivity contribution in [3.05, 3.63) is 18.1 Å². The number of carbonyl (C=O) groups is 1. The molecule has 1 aliphatic rings. The Kier molecular flexibility index (Phi) is 5.05. The Morgan fingerprint density at radius 1 is 1.39 bits per heavy atom. The van der Waals surface area contributed by atoms with E-state index in [9.17, 15) is 4.79 Å². The predicted molar refractivity (Wildman–Crippen MR) is 87.0 cm³/mol.